The molecule has 4 rings (SSSR count). The van der Waals surface area contributed by atoms with Gasteiger partial charge in [-0.15, -0.1) is 0 Å². The maximum absolute atomic E-state index is 13.1. The number of carbonyl (C=O) groups excluding carboxylic acids is 2. The van der Waals surface area contributed by atoms with E-state index in [-0.39, 0.29) is 42.0 Å². The van der Waals surface area contributed by atoms with Crippen LogP contribution in [-0.4, -0.2) is 69.0 Å². The molecule has 2 aliphatic heterocycles. The van der Waals surface area contributed by atoms with Gasteiger partial charge in [0.25, 0.3) is 0 Å². The van der Waals surface area contributed by atoms with Gasteiger partial charge in [-0.25, -0.2) is 0 Å². The van der Waals surface area contributed by atoms with Gasteiger partial charge in [-0.3, -0.25) is 19.5 Å². The molecule has 7 nitrogen and oxygen atoms in total. The van der Waals surface area contributed by atoms with Crippen molar-refractivity contribution >= 4 is 11.8 Å². The van der Waals surface area contributed by atoms with Gasteiger partial charge in [0.05, 0.1) is 18.6 Å². The zero-order chi connectivity index (χ0) is 20.4. The number of aliphatic hydroxyl groups excluding tert-OH is 1. The molecule has 0 radical (unpaired) electrons. The molecular formula is C22H32N4O3. The van der Waals surface area contributed by atoms with E-state index >= 15 is 0 Å². The maximum Gasteiger partial charge on any atom is 0.237 e. The van der Waals surface area contributed by atoms with E-state index < -0.39 is 0 Å². The summed E-state index contributed by atoms with van der Waals surface area (Å²) < 4.78 is 0. The minimum atomic E-state index is -0.226. The van der Waals surface area contributed by atoms with Gasteiger partial charge in [0.2, 0.25) is 11.8 Å². The number of rotatable bonds is 5. The van der Waals surface area contributed by atoms with E-state index in [1.165, 1.54) is 0 Å². The van der Waals surface area contributed by atoms with Crippen LogP contribution in [0.5, 0.6) is 0 Å². The van der Waals surface area contributed by atoms with Gasteiger partial charge < -0.3 is 15.3 Å². The summed E-state index contributed by atoms with van der Waals surface area (Å²) in [5.41, 5.74) is 1.10. The number of aliphatic hydroxyl groups is 1. The van der Waals surface area contributed by atoms with E-state index in [2.05, 4.69) is 22.1 Å². The number of carbonyl (C=O) groups is 2. The van der Waals surface area contributed by atoms with Gasteiger partial charge in [0.15, 0.2) is 0 Å². The van der Waals surface area contributed by atoms with E-state index in [0.29, 0.717) is 13.1 Å². The first-order chi connectivity index (χ1) is 14.0. The van der Waals surface area contributed by atoms with Crippen LogP contribution in [0.2, 0.25) is 0 Å². The second-order valence-corrected chi connectivity index (χ2v) is 8.82. The third-order valence-electron chi connectivity index (χ3n) is 6.78. The van der Waals surface area contributed by atoms with Crippen LogP contribution in [0.15, 0.2) is 24.5 Å². The normalized spacial score (nSPS) is 32.8. The van der Waals surface area contributed by atoms with Crippen molar-refractivity contribution in [2.24, 2.45) is 5.92 Å². The van der Waals surface area contributed by atoms with Crippen molar-refractivity contribution in [3.8, 4) is 0 Å². The van der Waals surface area contributed by atoms with Crippen LogP contribution in [0.4, 0.5) is 0 Å². The number of pyridine rings is 1. The Hall–Kier alpha value is -1.99. The molecule has 2 amide bonds. The fourth-order valence-electron chi connectivity index (χ4n) is 5.38. The largest absolute Gasteiger partial charge is 0.393 e. The Bertz CT molecular complexity index is 720. The summed E-state index contributed by atoms with van der Waals surface area (Å²) in [6.45, 7) is 3.98. The molecule has 0 unspecified atom stereocenters. The molecule has 1 saturated carbocycles. The molecule has 2 saturated heterocycles. The minimum Gasteiger partial charge on any atom is -0.393 e. The van der Waals surface area contributed by atoms with E-state index in [1.54, 1.807) is 6.20 Å². The predicted molar refractivity (Wildman–Crippen MR) is 109 cm³/mol. The first-order valence-electron chi connectivity index (χ1n) is 11.0. The molecule has 0 bridgehead atoms. The highest BCUT2D eigenvalue weighted by molar-refractivity contribution is 5.85. The number of amides is 2. The van der Waals surface area contributed by atoms with Crippen LogP contribution in [0.25, 0.3) is 0 Å². The van der Waals surface area contributed by atoms with Gasteiger partial charge in [0.1, 0.15) is 0 Å². The quantitative estimate of drug-likeness (QED) is 0.778. The molecule has 1 aromatic rings. The highest BCUT2D eigenvalue weighted by atomic mass is 16.3. The highest BCUT2D eigenvalue weighted by Crippen LogP contribution is 2.35. The minimum absolute atomic E-state index is 0.0118. The van der Waals surface area contributed by atoms with Crippen molar-refractivity contribution in [1.29, 1.82) is 0 Å². The Labute approximate surface area is 172 Å². The van der Waals surface area contributed by atoms with E-state index in [0.717, 1.165) is 50.6 Å². The number of hydrogen-bond acceptors (Lipinski definition) is 5. The van der Waals surface area contributed by atoms with Crippen LogP contribution in [0, 0.1) is 5.92 Å². The molecule has 7 heteroatoms. The molecule has 1 aromatic heterocycles. The summed E-state index contributed by atoms with van der Waals surface area (Å²) in [5, 5.41) is 12.9. The Balaban J connectivity index is 1.40. The number of nitrogens with zero attached hydrogens (tertiary/aromatic N) is 3. The lowest BCUT2D eigenvalue weighted by Gasteiger charge is -2.39. The molecule has 2 N–H and O–H groups in total. The van der Waals surface area contributed by atoms with Crippen molar-refractivity contribution in [2.75, 3.05) is 13.1 Å². The molecule has 0 aromatic carbocycles. The SMILES string of the molecule is CC[C@@H]1[C@H](C(=O)NC2CCC(O)CC2)C[C@@H]2CN(Cc3cccnc3)CC(=O)N21. The summed E-state index contributed by atoms with van der Waals surface area (Å²) in [4.78, 5) is 34.3. The lowest BCUT2D eigenvalue weighted by atomic mass is 9.91. The van der Waals surface area contributed by atoms with Crippen LogP contribution >= 0.6 is 0 Å². The van der Waals surface area contributed by atoms with Crippen LogP contribution in [-0.2, 0) is 16.1 Å². The molecule has 0 spiro atoms. The number of fused-ring (bicyclic) bond motifs is 1. The average Bonchev–Trinajstić information content (AvgIpc) is 3.10. The lowest BCUT2D eigenvalue weighted by molar-refractivity contribution is -0.141. The summed E-state index contributed by atoms with van der Waals surface area (Å²) >= 11 is 0. The molecule has 3 fully saturated rings. The Morgan fingerprint density at radius 2 is 2.10 bits per heavy atom. The maximum atomic E-state index is 13.1. The number of aromatic nitrogens is 1. The standard InChI is InChI=1S/C22H32N4O3/c1-2-20-19(22(29)24-16-5-7-18(27)8-6-16)10-17-13-25(14-21(28)26(17)20)12-15-4-3-9-23-11-15/h3-4,9,11,16-20,27H,2,5-8,10,12-14H2,1H3,(H,24,29)/t16?,17-,18?,19-,20-/m1/s1. The molecule has 158 valence electrons. The van der Waals surface area contributed by atoms with Crippen molar-refractivity contribution in [1.82, 2.24) is 20.1 Å². The lowest BCUT2D eigenvalue weighted by Crippen LogP contribution is -2.56. The Morgan fingerprint density at radius 3 is 2.79 bits per heavy atom. The van der Waals surface area contributed by atoms with E-state index in [4.69, 9.17) is 0 Å². The van der Waals surface area contributed by atoms with Crippen molar-refractivity contribution in [3.63, 3.8) is 0 Å². The Morgan fingerprint density at radius 1 is 1.31 bits per heavy atom. The second kappa shape index (κ2) is 8.79. The van der Waals surface area contributed by atoms with Gasteiger partial charge in [0, 0.05) is 43.6 Å². The zero-order valence-electron chi connectivity index (χ0n) is 17.2. The summed E-state index contributed by atoms with van der Waals surface area (Å²) in [7, 11) is 0. The molecular weight excluding hydrogens is 368 g/mol. The second-order valence-electron chi connectivity index (χ2n) is 8.82. The van der Waals surface area contributed by atoms with Crippen LogP contribution < -0.4 is 5.32 Å². The first kappa shape index (κ1) is 20.3. The predicted octanol–water partition coefficient (Wildman–Crippen LogP) is 1.31. The smallest absolute Gasteiger partial charge is 0.237 e. The fraction of sp³-hybridized carbons (Fsp3) is 0.682. The summed E-state index contributed by atoms with van der Waals surface area (Å²) in [6, 6.07) is 4.19. The van der Waals surface area contributed by atoms with Gasteiger partial charge in [-0.1, -0.05) is 13.0 Å². The van der Waals surface area contributed by atoms with E-state index in [9.17, 15) is 14.7 Å². The summed E-state index contributed by atoms with van der Waals surface area (Å²) in [5.74, 6) is 0.0754. The van der Waals surface area contributed by atoms with Gasteiger partial charge in [-0.05, 0) is 50.2 Å². The monoisotopic (exact) mass is 400 g/mol. The molecule has 1 aliphatic carbocycles. The Kier molecular flexibility index (Phi) is 6.15. The highest BCUT2D eigenvalue weighted by Gasteiger charge is 2.48. The number of piperazine rings is 1. The van der Waals surface area contributed by atoms with Crippen molar-refractivity contribution < 1.29 is 14.7 Å². The zero-order valence-corrected chi connectivity index (χ0v) is 17.2. The fourth-order valence-corrected chi connectivity index (χ4v) is 5.38. The van der Waals surface area contributed by atoms with E-state index in [1.807, 2.05) is 23.2 Å². The number of nitrogens with one attached hydrogen (secondary N) is 1. The molecule has 3 aliphatic rings. The first-order valence-corrected chi connectivity index (χ1v) is 11.0. The molecule has 29 heavy (non-hydrogen) atoms. The molecule has 3 heterocycles. The molecule has 3 atom stereocenters. The van der Waals surface area contributed by atoms with Crippen molar-refractivity contribution in [2.45, 2.75) is 76.2 Å². The third-order valence-corrected chi connectivity index (χ3v) is 6.78. The topological polar surface area (TPSA) is 85.8 Å². The van der Waals surface area contributed by atoms with Crippen molar-refractivity contribution in [3.05, 3.63) is 30.1 Å². The van der Waals surface area contributed by atoms with Crippen LogP contribution in [0.1, 0.15) is 51.0 Å². The average molecular weight is 401 g/mol. The van der Waals surface area contributed by atoms with Gasteiger partial charge in [-0.2, -0.15) is 0 Å². The van der Waals surface area contributed by atoms with Crippen LogP contribution in [0.3, 0.4) is 0 Å². The third kappa shape index (κ3) is 4.46. The van der Waals surface area contributed by atoms with Gasteiger partial charge >= 0.3 is 0 Å². The summed E-state index contributed by atoms with van der Waals surface area (Å²) in [6.07, 6.45) is 8.08. The number of hydrogen-bond donors (Lipinski definition) is 2.